The van der Waals surface area contributed by atoms with E-state index in [1.54, 1.807) is 18.4 Å². The second-order valence-electron chi connectivity index (χ2n) is 4.70. The number of methoxy groups -OCH3 is 1. The van der Waals surface area contributed by atoms with Crippen LogP contribution in [0, 0.1) is 6.92 Å². The van der Waals surface area contributed by atoms with Crippen molar-refractivity contribution >= 4 is 22.9 Å². The number of hydrogen-bond donors (Lipinski definition) is 2. The number of rotatable bonds is 6. The van der Waals surface area contributed by atoms with E-state index in [4.69, 9.17) is 22.2 Å². The Morgan fingerprint density at radius 2 is 2.05 bits per heavy atom. The van der Waals surface area contributed by atoms with Gasteiger partial charge in [-0.25, -0.2) is 0 Å². The van der Waals surface area contributed by atoms with Crippen LogP contribution >= 0.6 is 22.9 Å². The van der Waals surface area contributed by atoms with Crippen molar-refractivity contribution in [2.45, 2.75) is 25.8 Å². The van der Waals surface area contributed by atoms with Crippen LogP contribution in [0.3, 0.4) is 0 Å². The van der Waals surface area contributed by atoms with Gasteiger partial charge in [-0.15, -0.1) is 11.3 Å². The molecule has 108 valence electrons. The Kier molecular flexibility index (Phi) is 5.43. The number of thiophene rings is 1. The number of benzene rings is 1. The van der Waals surface area contributed by atoms with Crippen LogP contribution in [0.25, 0.3) is 0 Å². The predicted octanol–water partition coefficient (Wildman–Crippen LogP) is 3.86. The molecule has 0 saturated carbocycles. The summed E-state index contributed by atoms with van der Waals surface area (Å²) in [5.41, 5.74) is 5.23. The molecular weight excluding hydrogens is 292 g/mol. The molecule has 3 N–H and O–H groups in total. The Balaban J connectivity index is 2.01. The summed E-state index contributed by atoms with van der Waals surface area (Å²) in [5.74, 6) is 6.54. The molecule has 0 fully saturated rings. The van der Waals surface area contributed by atoms with E-state index in [1.807, 2.05) is 19.1 Å². The van der Waals surface area contributed by atoms with Crippen LogP contribution in [0.1, 0.15) is 28.5 Å². The molecule has 0 aliphatic rings. The summed E-state index contributed by atoms with van der Waals surface area (Å²) in [6, 6.07) is 8.19. The first-order valence-electron chi connectivity index (χ1n) is 6.48. The molecule has 1 unspecified atom stereocenters. The van der Waals surface area contributed by atoms with Gasteiger partial charge in [0.15, 0.2) is 0 Å². The fraction of sp³-hybridized carbons (Fsp3) is 0.333. The minimum Gasteiger partial charge on any atom is -0.497 e. The Bertz CT molecular complexity index is 554. The van der Waals surface area contributed by atoms with E-state index in [9.17, 15) is 0 Å². The number of ether oxygens (including phenoxy) is 1. The third kappa shape index (κ3) is 3.52. The fourth-order valence-corrected chi connectivity index (χ4v) is 3.50. The van der Waals surface area contributed by atoms with Gasteiger partial charge in [-0.05, 0) is 48.4 Å². The molecule has 1 atom stereocenters. The lowest BCUT2D eigenvalue weighted by atomic mass is 10.0. The summed E-state index contributed by atoms with van der Waals surface area (Å²) < 4.78 is 5.16. The van der Waals surface area contributed by atoms with Gasteiger partial charge in [-0.1, -0.05) is 23.7 Å². The molecule has 1 aromatic carbocycles. The molecule has 0 bridgehead atoms. The SMILES string of the molecule is COc1ccc(CCC(NN)c2scc(C)c2Cl)cc1. The number of aryl methyl sites for hydroxylation is 2. The fourth-order valence-electron chi connectivity index (χ4n) is 2.08. The summed E-state index contributed by atoms with van der Waals surface area (Å²) in [6.07, 6.45) is 1.84. The first-order valence-corrected chi connectivity index (χ1v) is 7.74. The van der Waals surface area contributed by atoms with Crippen LogP contribution in [-0.2, 0) is 6.42 Å². The Morgan fingerprint density at radius 3 is 2.55 bits per heavy atom. The summed E-state index contributed by atoms with van der Waals surface area (Å²) in [4.78, 5) is 1.11. The van der Waals surface area contributed by atoms with Crippen molar-refractivity contribution in [1.29, 1.82) is 0 Å². The van der Waals surface area contributed by atoms with Gasteiger partial charge in [0.2, 0.25) is 0 Å². The summed E-state index contributed by atoms with van der Waals surface area (Å²) in [5, 5.41) is 2.89. The van der Waals surface area contributed by atoms with E-state index in [-0.39, 0.29) is 6.04 Å². The Morgan fingerprint density at radius 1 is 1.35 bits per heavy atom. The Labute approximate surface area is 128 Å². The molecule has 3 nitrogen and oxygen atoms in total. The molecule has 20 heavy (non-hydrogen) atoms. The molecule has 0 amide bonds. The highest BCUT2D eigenvalue weighted by atomic mass is 35.5. The highest BCUT2D eigenvalue weighted by Crippen LogP contribution is 2.34. The zero-order valence-corrected chi connectivity index (χ0v) is 13.2. The van der Waals surface area contributed by atoms with Crippen molar-refractivity contribution < 1.29 is 4.74 Å². The molecule has 0 aliphatic heterocycles. The molecule has 1 heterocycles. The first kappa shape index (κ1) is 15.3. The third-order valence-corrected chi connectivity index (χ3v) is 5.15. The lowest BCUT2D eigenvalue weighted by Gasteiger charge is -2.15. The van der Waals surface area contributed by atoms with Gasteiger partial charge in [0.05, 0.1) is 18.2 Å². The first-order chi connectivity index (χ1) is 9.65. The van der Waals surface area contributed by atoms with Gasteiger partial charge in [0.1, 0.15) is 5.75 Å². The highest BCUT2D eigenvalue weighted by Gasteiger charge is 2.16. The zero-order valence-electron chi connectivity index (χ0n) is 11.7. The van der Waals surface area contributed by atoms with E-state index in [2.05, 4.69) is 22.9 Å². The maximum atomic E-state index is 6.30. The van der Waals surface area contributed by atoms with E-state index in [0.29, 0.717) is 0 Å². The molecule has 0 radical (unpaired) electrons. The standard InChI is InChI=1S/C15H19ClN2OS/c1-10-9-20-15(14(10)16)13(18-17)8-5-11-3-6-12(19-2)7-4-11/h3-4,6-7,9,13,18H,5,8,17H2,1-2H3. The maximum absolute atomic E-state index is 6.30. The monoisotopic (exact) mass is 310 g/mol. The summed E-state index contributed by atoms with van der Waals surface area (Å²) in [6.45, 7) is 2.01. The largest absolute Gasteiger partial charge is 0.497 e. The topological polar surface area (TPSA) is 47.3 Å². The average molecular weight is 311 g/mol. The summed E-state index contributed by atoms with van der Waals surface area (Å²) in [7, 11) is 1.67. The van der Waals surface area contributed by atoms with E-state index >= 15 is 0 Å². The molecule has 0 aliphatic carbocycles. The minimum atomic E-state index is 0.0864. The molecule has 0 saturated heterocycles. The average Bonchev–Trinajstić information content (AvgIpc) is 2.81. The smallest absolute Gasteiger partial charge is 0.118 e. The molecule has 2 rings (SSSR count). The van der Waals surface area contributed by atoms with Crippen LogP contribution in [-0.4, -0.2) is 7.11 Å². The van der Waals surface area contributed by atoms with Crippen molar-refractivity contribution in [1.82, 2.24) is 5.43 Å². The molecular formula is C15H19ClN2OS. The normalized spacial score (nSPS) is 12.4. The number of hydrazine groups is 1. The van der Waals surface area contributed by atoms with Crippen molar-refractivity contribution in [2.24, 2.45) is 5.84 Å². The molecule has 0 spiro atoms. The predicted molar refractivity (Wildman–Crippen MR) is 85.4 cm³/mol. The maximum Gasteiger partial charge on any atom is 0.118 e. The minimum absolute atomic E-state index is 0.0864. The van der Waals surface area contributed by atoms with Gasteiger partial charge < -0.3 is 4.74 Å². The van der Waals surface area contributed by atoms with Crippen molar-refractivity contribution in [3.05, 3.63) is 50.7 Å². The van der Waals surface area contributed by atoms with Crippen LogP contribution in [0.2, 0.25) is 5.02 Å². The van der Waals surface area contributed by atoms with E-state index < -0.39 is 0 Å². The molecule has 1 aromatic heterocycles. The lowest BCUT2D eigenvalue weighted by molar-refractivity contribution is 0.414. The van der Waals surface area contributed by atoms with Crippen LogP contribution < -0.4 is 16.0 Å². The number of hydrogen-bond acceptors (Lipinski definition) is 4. The quantitative estimate of drug-likeness (QED) is 0.629. The molecule has 5 heteroatoms. The van der Waals surface area contributed by atoms with Gasteiger partial charge in [-0.2, -0.15) is 0 Å². The highest BCUT2D eigenvalue weighted by molar-refractivity contribution is 7.10. The van der Waals surface area contributed by atoms with Crippen LogP contribution in [0.4, 0.5) is 0 Å². The van der Waals surface area contributed by atoms with Crippen molar-refractivity contribution in [3.8, 4) is 5.75 Å². The van der Waals surface area contributed by atoms with E-state index in [0.717, 1.165) is 34.1 Å². The second-order valence-corrected chi connectivity index (χ2v) is 5.99. The van der Waals surface area contributed by atoms with E-state index in [1.165, 1.54) is 5.56 Å². The van der Waals surface area contributed by atoms with Gasteiger partial charge in [0.25, 0.3) is 0 Å². The van der Waals surface area contributed by atoms with Crippen LogP contribution in [0.15, 0.2) is 29.6 Å². The van der Waals surface area contributed by atoms with Crippen LogP contribution in [0.5, 0.6) is 5.75 Å². The number of nitrogens with two attached hydrogens (primary N) is 1. The van der Waals surface area contributed by atoms with Gasteiger partial charge >= 0.3 is 0 Å². The summed E-state index contributed by atoms with van der Waals surface area (Å²) >= 11 is 7.96. The second kappa shape index (κ2) is 7.09. The number of halogens is 1. The van der Waals surface area contributed by atoms with Crippen molar-refractivity contribution in [2.75, 3.05) is 7.11 Å². The number of nitrogens with one attached hydrogen (secondary N) is 1. The molecule has 2 aromatic rings. The zero-order chi connectivity index (χ0) is 14.5. The van der Waals surface area contributed by atoms with Gasteiger partial charge in [-0.3, -0.25) is 11.3 Å². The van der Waals surface area contributed by atoms with Crippen molar-refractivity contribution in [3.63, 3.8) is 0 Å². The lowest BCUT2D eigenvalue weighted by Crippen LogP contribution is -2.28. The Hall–Kier alpha value is -1.07. The third-order valence-electron chi connectivity index (χ3n) is 3.32. The van der Waals surface area contributed by atoms with Gasteiger partial charge in [0, 0.05) is 4.88 Å².